The second-order valence-corrected chi connectivity index (χ2v) is 15.2. The number of ether oxygens (including phenoxy) is 1. The molecule has 0 radical (unpaired) electrons. The number of hydrogen-bond donors (Lipinski definition) is 4. The summed E-state index contributed by atoms with van der Waals surface area (Å²) in [5.41, 5.74) is 6.94. The molecule has 2 unspecified atom stereocenters. The Morgan fingerprint density at radius 3 is 2.49 bits per heavy atom. The molecule has 1 aromatic carbocycles. The van der Waals surface area contributed by atoms with Crippen molar-refractivity contribution in [1.29, 1.82) is 0 Å². The fourth-order valence-corrected chi connectivity index (χ4v) is 8.07. The van der Waals surface area contributed by atoms with E-state index in [1.807, 2.05) is 44.2 Å². The lowest BCUT2D eigenvalue weighted by Crippen LogP contribution is -2.47. The summed E-state index contributed by atoms with van der Waals surface area (Å²) in [6.07, 6.45) is 11.8. The fraction of sp³-hybridized carbons (Fsp3) is 0.477. The molecule has 1 saturated heterocycles. The van der Waals surface area contributed by atoms with Gasteiger partial charge in [-0.15, -0.1) is 0 Å². The van der Waals surface area contributed by atoms with Crippen LogP contribution in [0.15, 0.2) is 65.5 Å². The molecule has 0 saturated carbocycles. The van der Waals surface area contributed by atoms with Gasteiger partial charge in [-0.25, -0.2) is 9.97 Å². The maximum absolute atomic E-state index is 13.1. The van der Waals surface area contributed by atoms with Crippen molar-refractivity contribution in [3.63, 3.8) is 0 Å². The molecule has 4 N–H and O–H groups in total. The molecule has 15 nitrogen and oxygen atoms in total. The number of benzene rings is 1. The SMILES string of the molecule is C/C=C(/NCCCCCCN1CCN(c2ccc(Nc3ncc(C=O)c(Nc4ccc5c(n4)C(OC)CC5)n3)cc2)CC1)C1=C(C)C(=O)N(C(CCC=O)C(=O)NC)C1. The lowest BCUT2D eigenvalue weighted by Gasteiger charge is -2.36. The molecule has 3 aromatic rings. The monoisotopic (exact) mass is 806 g/mol. The first-order valence-electron chi connectivity index (χ1n) is 20.8. The molecule has 314 valence electrons. The van der Waals surface area contributed by atoms with Crippen molar-refractivity contribution in [3.05, 3.63) is 82.3 Å². The standard InChI is InChI=1S/C44H58N10O5/c1-5-36(35-28-54(43(58)30(35)2)37(11-10-26-55)42(57)45-3)46-20-8-6-7-9-21-52-22-24-53(25-23-52)34-16-14-33(15-17-34)48-44-47-27-32(29-56)41(51-44)50-39-19-13-31-12-18-38(59-4)40(31)49-39/h5,13-17,19,26-27,29,37-38,46H,6-12,18,20-25,28H2,1-4H3,(H,45,57)(H2,47,48,49,50,51)/b36-5+. The molecule has 3 aliphatic rings. The smallest absolute Gasteiger partial charge is 0.250 e. The zero-order valence-electron chi connectivity index (χ0n) is 34.8. The minimum Gasteiger partial charge on any atom is -0.385 e. The maximum atomic E-state index is 13.1. The molecular weight excluding hydrogens is 749 g/mol. The van der Waals surface area contributed by atoms with Crippen LogP contribution in [0.25, 0.3) is 0 Å². The van der Waals surface area contributed by atoms with Crippen molar-refractivity contribution in [2.75, 3.05) is 75.5 Å². The molecule has 59 heavy (non-hydrogen) atoms. The number of piperazine rings is 1. The van der Waals surface area contributed by atoms with Gasteiger partial charge in [-0.3, -0.25) is 19.3 Å². The first-order chi connectivity index (χ1) is 28.8. The summed E-state index contributed by atoms with van der Waals surface area (Å²) in [4.78, 5) is 68.7. The van der Waals surface area contributed by atoms with E-state index in [1.54, 1.807) is 19.1 Å². The van der Waals surface area contributed by atoms with Crippen LogP contribution in [-0.4, -0.2) is 115 Å². The molecule has 2 aromatic heterocycles. The summed E-state index contributed by atoms with van der Waals surface area (Å²) >= 11 is 0. The molecule has 4 heterocycles. The van der Waals surface area contributed by atoms with E-state index in [9.17, 15) is 19.2 Å². The number of pyridine rings is 1. The van der Waals surface area contributed by atoms with Crippen molar-refractivity contribution in [1.82, 2.24) is 35.4 Å². The lowest BCUT2D eigenvalue weighted by atomic mass is 10.1. The Hall–Kier alpha value is -5.67. The van der Waals surface area contributed by atoms with Crippen molar-refractivity contribution in [2.24, 2.45) is 0 Å². The predicted molar refractivity (Wildman–Crippen MR) is 229 cm³/mol. The number of allylic oxidation sites excluding steroid dienone is 1. The number of aldehydes is 2. The Morgan fingerprint density at radius 2 is 1.78 bits per heavy atom. The Morgan fingerprint density at radius 1 is 1.00 bits per heavy atom. The number of hydrogen-bond acceptors (Lipinski definition) is 13. The van der Waals surface area contributed by atoms with E-state index in [2.05, 4.69) is 53.2 Å². The van der Waals surface area contributed by atoms with Gasteiger partial charge in [0.1, 0.15) is 24.0 Å². The number of unbranched alkanes of at least 4 members (excludes halogenated alkanes) is 3. The summed E-state index contributed by atoms with van der Waals surface area (Å²) in [6, 6.07) is 11.5. The number of amides is 2. The van der Waals surface area contributed by atoms with Gasteiger partial charge in [-0.1, -0.05) is 25.0 Å². The average molecular weight is 807 g/mol. The van der Waals surface area contributed by atoms with E-state index >= 15 is 0 Å². The normalized spacial score (nSPS) is 17.5. The number of carbonyl (C=O) groups excluding carboxylic acids is 4. The summed E-state index contributed by atoms with van der Waals surface area (Å²) < 4.78 is 5.58. The number of nitrogens with zero attached hydrogens (tertiary/aromatic N) is 6. The maximum Gasteiger partial charge on any atom is 0.250 e. The molecule has 6 rings (SSSR count). The number of fused-ring (bicyclic) bond motifs is 1. The Kier molecular flexibility index (Phi) is 15.2. The third-order valence-corrected chi connectivity index (χ3v) is 11.5. The number of carbonyl (C=O) groups is 4. The first kappa shape index (κ1) is 42.9. The Balaban J connectivity index is 0.891. The third kappa shape index (κ3) is 10.7. The number of likely N-dealkylation sites (N-methyl/N-ethyl adjacent to an activating group) is 1. The average Bonchev–Trinajstić information content (AvgIpc) is 3.81. The first-order valence-corrected chi connectivity index (χ1v) is 20.8. The number of nitrogens with one attached hydrogen (secondary N) is 4. The van der Waals surface area contributed by atoms with Crippen LogP contribution in [0.2, 0.25) is 0 Å². The number of methoxy groups -OCH3 is 1. The summed E-state index contributed by atoms with van der Waals surface area (Å²) in [5, 5.41) is 12.6. The van der Waals surface area contributed by atoms with E-state index in [4.69, 9.17) is 9.72 Å². The van der Waals surface area contributed by atoms with Crippen LogP contribution in [0, 0.1) is 0 Å². The van der Waals surface area contributed by atoms with Crippen molar-refractivity contribution >= 4 is 53.3 Å². The summed E-state index contributed by atoms with van der Waals surface area (Å²) in [5.74, 6) is 0.942. The van der Waals surface area contributed by atoms with Crippen LogP contribution >= 0.6 is 0 Å². The van der Waals surface area contributed by atoms with Crippen molar-refractivity contribution in [2.45, 2.75) is 77.4 Å². The third-order valence-electron chi connectivity index (χ3n) is 11.5. The highest BCUT2D eigenvalue weighted by molar-refractivity contribution is 6.00. The molecule has 1 fully saturated rings. The quantitative estimate of drug-likeness (QED) is 0.0815. The number of anilines is 5. The molecule has 15 heteroatoms. The number of aromatic nitrogens is 3. The minimum atomic E-state index is -0.665. The second kappa shape index (κ2) is 20.8. The zero-order valence-corrected chi connectivity index (χ0v) is 34.8. The molecule has 2 aliphatic heterocycles. The van der Waals surface area contributed by atoms with Gasteiger partial charge in [0.2, 0.25) is 11.9 Å². The second-order valence-electron chi connectivity index (χ2n) is 15.2. The van der Waals surface area contributed by atoms with E-state index in [-0.39, 0.29) is 24.3 Å². The fourth-order valence-electron chi connectivity index (χ4n) is 8.07. The van der Waals surface area contributed by atoms with Crippen LogP contribution in [-0.2, 0) is 25.5 Å². The highest BCUT2D eigenvalue weighted by atomic mass is 16.5. The van der Waals surface area contributed by atoms with E-state index in [1.165, 1.54) is 17.4 Å². The van der Waals surface area contributed by atoms with Crippen LogP contribution in [0.3, 0.4) is 0 Å². The van der Waals surface area contributed by atoms with Gasteiger partial charge in [-0.05, 0) is 88.4 Å². The van der Waals surface area contributed by atoms with Gasteiger partial charge in [-0.2, -0.15) is 4.98 Å². The van der Waals surface area contributed by atoms with Crippen LogP contribution < -0.4 is 26.2 Å². The van der Waals surface area contributed by atoms with E-state index in [0.29, 0.717) is 41.7 Å². The highest BCUT2D eigenvalue weighted by Gasteiger charge is 2.36. The van der Waals surface area contributed by atoms with Gasteiger partial charge in [0.05, 0.1) is 17.4 Å². The zero-order chi connectivity index (χ0) is 41.7. The number of aryl methyl sites for hydroxylation is 1. The van der Waals surface area contributed by atoms with Gasteiger partial charge >= 0.3 is 0 Å². The predicted octanol–water partition coefficient (Wildman–Crippen LogP) is 5.23. The van der Waals surface area contributed by atoms with Crippen LogP contribution in [0.4, 0.5) is 29.0 Å². The molecular formula is C44H58N10O5. The van der Waals surface area contributed by atoms with Crippen LogP contribution in [0.5, 0.6) is 0 Å². The lowest BCUT2D eigenvalue weighted by molar-refractivity contribution is -0.136. The molecule has 2 amide bonds. The van der Waals surface area contributed by atoms with Crippen molar-refractivity contribution in [3.8, 4) is 0 Å². The molecule has 1 aliphatic carbocycles. The van der Waals surface area contributed by atoms with Gasteiger partial charge in [0, 0.05) is 94.3 Å². The van der Waals surface area contributed by atoms with Gasteiger partial charge in [0.25, 0.3) is 5.91 Å². The molecule has 0 bridgehead atoms. The summed E-state index contributed by atoms with van der Waals surface area (Å²) in [7, 11) is 3.25. The molecule has 2 atom stereocenters. The summed E-state index contributed by atoms with van der Waals surface area (Å²) in [6.45, 7) is 9.98. The highest BCUT2D eigenvalue weighted by Crippen LogP contribution is 2.34. The minimum absolute atomic E-state index is 0.0304. The van der Waals surface area contributed by atoms with Crippen LogP contribution in [0.1, 0.15) is 86.5 Å². The van der Waals surface area contributed by atoms with Gasteiger partial charge < -0.3 is 40.6 Å². The number of rotatable bonds is 21. The topological polar surface area (TPSA) is 174 Å². The Bertz CT molecular complexity index is 2010. The molecule has 0 spiro atoms. The van der Waals surface area contributed by atoms with Gasteiger partial charge in [0.15, 0.2) is 6.29 Å². The van der Waals surface area contributed by atoms with E-state index in [0.717, 1.165) is 113 Å². The van der Waals surface area contributed by atoms with E-state index < -0.39 is 6.04 Å². The van der Waals surface area contributed by atoms with Crippen molar-refractivity contribution < 1.29 is 23.9 Å². The Labute approximate surface area is 347 Å². The largest absolute Gasteiger partial charge is 0.385 e.